The Bertz CT molecular complexity index is 581. The highest BCUT2D eigenvalue weighted by molar-refractivity contribution is 6.34. The molecule has 1 saturated carbocycles. The zero-order chi connectivity index (χ0) is 14.9. The monoisotopic (exact) mass is 306 g/mol. The van der Waals surface area contributed by atoms with E-state index in [2.05, 4.69) is 10.5 Å². The summed E-state index contributed by atoms with van der Waals surface area (Å²) in [7, 11) is 0. The average molecular weight is 307 g/mol. The molecule has 0 aromatic heterocycles. The van der Waals surface area contributed by atoms with Gasteiger partial charge in [0, 0.05) is 23.0 Å². The molecule has 0 bridgehead atoms. The highest BCUT2D eigenvalue weighted by atomic mass is 35.5. The van der Waals surface area contributed by atoms with Crippen LogP contribution in [0.2, 0.25) is 5.02 Å². The minimum Gasteiger partial charge on any atom is -0.379 e. The molecule has 1 aliphatic heterocycles. The van der Waals surface area contributed by atoms with Crippen molar-refractivity contribution in [1.29, 1.82) is 0 Å². The maximum atomic E-state index is 12.4. The van der Waals surface area contributed by atoms with Crippen LogP contribution < -0.4 is 5.32 Å². The molecule has 2 aliphatic rings. The van der Waals surface area contributed by atoms with Crippen molar-refractivity contribution in [3.8, 4) is 0 Å². The molecule has 0 saturated heterocycles. The summed E-state index contributed by atoms with van der Waals surface area (Å²) in [6, 6.07) is 7.76. The Morgan fingerprint density at radius 2 is 2.10 bits per heavy atom. The van der Waals surface area contributed by atoms with Gasteiger partial charge < -0.3 is 10.2 Å². The first-order valence-electron chi connectivity index (χ1n) is 7.39. The molecule has 21 heavy (non-hydrogen) atoms. The summed E-state index contributed by atoms with van der Waals surface area (Å²) in [5.74, 6) is -0.0831. The third kappa shape index (κ3) is 2.91. The van der Waals surface area contributed by atoms with Crippen LogP contribution in [0.25, 0.3) is 0 Å². The fourth-order valence-electron chi connectivity index (χ4n) is 2.91. The lowest BCUT2D eigenvalue weighted by atomic mass is 9.94. The summed E-state index contributed by atoms with van der Waals surface area (Å²) in [6.45, 7) is 1.78. The molecule has 112 valence electrons. The maximum absolute atomic E-state index is 12.4. The van der Waals surface area contributed by atoms with E-state index in [1.807, 2.05) is 24.3 Å². The van der Waals surface area contributed by atoms with Gasteiger partial charge in [0.25, 0.3) is 5.91 Å². The van der Waals surface area contributed by atoms with Crippen molar-refractivity contribution in [2.24, 2.45) is 5.16 Å². The molecule has 1 heterocycles. The smallest absolute Gasteiger partial charge is 0.267 e. The van der Waals surface area contributed by atoms with E-state index in [9.17, 15) is 4.79 Å². The first-order chi connectivity index (χ1) is 10.1. The second-order valence-corrected chi connectivity index (χ2v) is 6.38. The molecular weight excluding hydrogens is 288 g/mol. The Morgan fingerprint density at radius 3 is 2.81 bits per heavy atom. The summed E-state index contributed by atoms with van der Waals surface area (Å²) in [4.78, 5) is 17.9. The van der Waals surface area contributed by atoms with Crippen molar-refractivity contribution in [3.63, 3.8) is 0 Å². The van der Waals surface area contributed by atoms with Crippen LogP contribution in [0.4, 0.5) is 0 Å². The largest absolute Gasteiger partial charge is 0.379 e. The molecule has 1 aromatic rings. The van der Waals surface area contributed by atoms with E-state index < -0.39 is 5.60 Å². The predicted molar refractivity (Wildman–Crippen MR) is 82.5 cm³/mol. The summed E-state index contributed by atoms with van der Waals surface area (Å²) >= 11 is 6.18. The highest BCUT2D eigenvalue weighted by Gasteiger charge is 2.43. The van der Waals surface area contributed by atoms with Gasteiger partial charge in [0.1, 0.15) is 0 Å². The van der Waals surface area contributed by atoms with E-state index in [0.717, 1.165) is 24.1 Å². The molecule has 1 N–H and O–H groups in total. The van der Waals surface area contributed by atoms with Crippen LogP contribution in [0.3, 0.4) is 0 Å². The van der Waals surface area contributed by atoms with Crippen LogP contribution >= 0.6 is 11.6 Å². The van der Waals surface area contributed by atoms with Crippen LogP contribution in [0.1, 0.15) is 44.6 Å². The lowest BCUT2D eigenvalue weighted by Crippen LogP contribution is -2.48. The first kappa shape index (κ1) is 14.4. The lowest BCUT2D eigenvalue weighted by Gasteiger charge is -2.23. The Kier molecular flexibility index (Phi) is 3.89. The third-order valence-corrected chi connectivity index (χ3v) is 4.55. The van der Waals surface area contributed by atoms with Gasteiger partial charge in [-0.15, -0.1) is 0 Å². The predicted octanol–water partition coefficient (Wildman–Crippen LogP) is 3.28. The zero-order valence-electron chi connectivity index (χ0n) is 12.1. The van der Waals surface area contributed by atoms with Crippen molar-refractivity contribution in [2.75, 3.05) is 0 Å². The van der Waals surface area contributed by atoms with Crippen LogP contribution in [-0.2, 0) is 9.63 Å². The number of hydrogen-bond donors (Lipinski definition) is 1. The van der Waals surface area contributed by atoms with Gasteiger partial charge in [-0.1, -0.05) is 47.8 Å². The van der Waals surface area contributed by atoms with Crippen molar-refractivity contribution < 1.29 is 9.63 Å². The molecule has 1 atom stereocenters. The Balaban J connectivity index is 1.69. The van der Waals surface area contributed by atoms with E-state index in [1.54, 1.807) is 6.92 Å². The summed E-state index contributed by atoms with van der Waals surface area (Å²) in [6.07, 6.45) is 4.92. The summed E-state index contributed by atoms with van der Waals surface area (Å²) in [5.41, 5.74) is 0.623. The normalized spacial score (nSPS) is 25.5. The molecule has 0 radical (unpaired) electrons. The lowest BCUT2D eigenvalue weighted by molar-refractivity contribution is -0.142. The van der Waals surface area contributed by atoms with Crippen LogP contribution in [0.15, 0.2) is 29.4 Å². The standard InChI is InChI=1S/C16H19ClN2O2/c1-16(15(20)18-11-6-2-3-7-11)10-14(19-21-16)12-8-4-5-9-13(12)17/h4-5,8-9,11H,2-3,6-7,10H2,1H3,(H,18,20). The van der Waals surface area contributed by atoms with Gasteiger partial charge in [-0.3, -0.25) is 4.79 Å². The van der Waals surface area contributed by atoms with E-state index in [4.69, 9.17) is 16.4 Å². The second kappa shape index (κ2) is 5.68. The third-order valence-electron chi connectivity index (χ3n) is 4.22. The van der Waals surface area contributed by atoms with Crippen molar-refractivity contribution in [3.05, 3.63) is 34.9 Å². The number of nitrogens with one attached hydrogen (secondary N) is 1. The quantitative estimate of drug-likeness (QED) is 0.931. The van der Waals surface area contributed by atoms with Gasteiger partial charge >= 0.3 is 0 Å². The summed E-state index contributed by atoms with van der Waals surface area (Å²) < 4.78 is 0. The zero-order valence-corrected chi connectivity index (χ0v) is 12.8. The number of amides is 1. The number of nitrogens with zero attached hydrogens (tertiary/aromatic N) is 1. The molecule has 1 fully saturated rings. The van der Waals surface area contributed by atoms with Gasteiger partial charge in [-0.05, 0) is 25.8 Å². The maximum Gasteiger partial charge on any atom is 0.267 e. The van der Waals surface area contributed by atoms with E-state index >= 15 is 0 Å². The summed E-state index contributed by atoms with van der Waals surface area (Å²) in [5, 5.41) is 7.79. The minimum absolute atomic E-state index is 0.0831. The molecule has 3 rings (SSSR count). The number of oxime groups is 1. The average Bonchev–Trinajstić information content (AvgIpc) is 3.10. The molecule has 1 aliphatic carbocycles. The fourth-order valence-corrected chi connectivity index (χ4v) is 3.15. The van der Waals surface area contributed by atoms with Crippen LogP contribution in [-0.4, -0.2) is 23.3 Å². The van der Waals surface area contributed by atoms with Crippen LogP contribution in [0.5, 0.6) is 0 Å². The van der Waals surface area contributed by atoms with Crippen LogP contribution in [0, 0.1) is 0 Å². The minimum atomic E-state index is -0.933. The molecule has 1 unspecified atom stereocenters. The second-order valence-electron chi connectivity index (χ2n) is 5.97. The fraction of sp³-hybridized carbons (Fsp3) is 0.500. The van der Waals surface area contributed by atoms with E-state index in [-0.39, 0.29) is 11.9 Å². The number of rotatable bonds is 3. The molecule has 1 amide bonds. The first-order valence-corrected chi connectivity index (χ1v) is 7.77. The number of carbonyl (C=O) groups excluding carboxylic acids is 1. The van der Waals surface area contributed by atoms with E-state index in [0.29, 0.717) is 11.4 Å². The van der Waals surface area contributed by atoms with Gasteiger partial charge in [-0.25, -0.2) is 0 Å². The highest BCUT2D eigenvalue weighted by Crippen LogP contribution is 2.30. The van der Waals surface area contributed by atoms with Crippen molar-refractivity contribution in [1.82, 2.24) is 5.32 Å². The number of halogens is 1. The number of hydrogen-bond acceptors (Lipinski definition) is 3. The number of benzene rings is 1. The SMILES string of the molecule is CC1(C(=O)NC2CCCC2)CC(c2ccccc2Cl)=NO1. The molecular formula is C16H19ClN2O2. The Labute approximate surface area is 129 Å². The van der Waals surface area contributed by atoms with Gasteiger partial charge in [0.15, 0.2) is 0 Å². The molecule has 4 nitrogen and oxygen atoms in total. The van der Waals surface area contributed by atoms with E-state index in [1.165, 1.54) is 12.8 Å². The topological polar surface area (TPSA) is 50.7 Å². The Morgan fingerprint density at radius 1 is 1.38 bits per heavy atom. The van der Waals surface area contributed by atoms with Crippen molar-refractivity contribution >= 4 is 23.2 Å². The number of carbonyl (C=O) groups is 1. The van der Waals surface area contributed by atoms with Gasteiger partial charge in [0.05, 0.1) is 5.71 Å². The molecule has 0 spiro atoms. The Hall–Kier alpha value is -1.55. The molecule has 5 heteroatoms. The molecule has 1 aromatic carbocycles. The van der Waals surface area contributed by atoms with Gasteiger partial charge in [-0.2, -0.15) is 0 Å². The van der Waals surface area contributed by atoms with Crippen molar-refractivity contribution in [2.45, 2.75) is 50.7 Å². The van der Waals surface area contributed by atoms with Gasteiger partial charge in [0.2, 0.25) is 5.60 Å².